The summed E-state index contributed by atoms with van der Waals surface area (Å²) in [5, 5.41) is 12.1. The first kappa shape index (κ1) is 12.1. The lowest BCUT2D eigenvalue weighted by molar-refractivity contribution is 0.242. The number of rotatable bonds is 5. The zero-order valence-corrected chi connectivity index (χ0v) is 9.20. The Balaban J connectivity index is 2.51. The maximum atomic E-state index is 13.3. The van der Waals surface area contributed by atoms with E-state index < -0.39 is 0 Å². The fourth-order valence-electron chi connectivity index (χ4n) is 1.59. The van der Waals surface area contributed by atoms with E-state index in [1.807, 2.05) is 19.9 Å². The summed E-state index contributed by atoms with van der Waals surface area (Å²) in [6.07, 6.45) is 0.636. The third kappa shape index (κ3) is 3.98. The van der Waals surface area contributed by atoms with Crippen LogP contribution in [0.2, 0.25) is 0 Å². The number of hydrogen-bond acceptors (Lipinski definition) is 2. The molecule has 0 radical (unpaired) electrons. The molecule has 15 heavy (non-hydrogen) atoms. The van der Waals surface area contributed by atoms with Gasteiger partial charge in [0, 0.05) is 12.1 Å². The Morgan fingerprint density at radius 3 is 2.53 bits per heavy atom. The Morgan fingerprint density at radius 1 is 1.27 bits per heavy atom. The largest absolute Gasteiger partial charge is 0.395 e. The van der Waals surface area contributed by atoms with Crippen LogP contribution in [0.1, 0.15) is 19.4 Å². The summed E-state index contributed by atoms with van der Waals surface area (Å²) in [5.74, 6) is -0.164. The van der Waals surface area contributed by atoms with Crippen molar-refractivity contribution in [3.8, 4) is 0 Å². The van der Waals surface area contributed by atoms with Gasteiger partial charge in [-0.05, 0) is 31.9 Å². The first-order valence-electron chi connectivity index (χ1n) is 5.23. The predicted molar refractivity (Wildman–Crippen MR) is 59.2 cm³/mol. The van der Waals surface area contributed by atoms with Gasteiger partial charge in [0.15, 0.2) is 0 Å². The van der Waals surface area contributed by atoms with Crippen LogP contribution in [-0.4, -0.2) is 23.8 Å². The summed E-state index contributed by atoms with van der Waals surface area (Å²) >= 11 is 0. The molecule has 2 atom stereocenters. The molecule has 0 amide bonds. The van der Waals surface area contributed by atoms with Gasteiger partial charge in [0.1, 0.15) is 5.82 Å². The van der Waals surface area contributed by atoms with Crippen LogP contribution >= 0.6 is 0 Å². The Kier molecular flexibility index (Phi) is 4.72. The van der Waals surface area contributed by atoms with E-state index >= 15 is 0 Å². The standard InChI is InChI=1S/C12H18FNO/c1-9(14-10(2)8-15)7-11-5-3-4-6-12(11)13/h3-6,9-10,14-15H,7-8H2,1-2H3. The third-order valence-electron chi connectivity index (χ3n) is 2.33. The van der Waals surface area contributed by atoms with Gasteiger partial charge in [-0.25, -0.2) is 4.39 Å². The van der Waals surface area contributed by atoms with E-state index in [1.165, 1.54) is 6.07 Å². The van der Waals surface area contributed by atoms with Gasteiger partial charge in [-0.1, -0.05) is 18.2 Å². The first-order chi connectivity index (χ1) is 7.13. The van der Waals surface area contributed by atoms with Gasteiger partial charge < -0.3 is 10.4 Å². The number of benzene rings is 1. The summed E-state index contributed by atoms with van der Waals surface area (Å²) in [4.78, 5) is 0. The van der Waals surface area contributed by atoms with Gasteiger partial charge >= 0.3 is 0 Å². The van der Waals surface area contributed by atoms with Crippen LogP contribution in [0.3, 0.4) is 0 Å². The van der Waals surface area contributed by atoms with Crippen molar-refractivity contribution >= 4 is 0 Å². The Bertz CT molecular complexity index is 303. The molecule has 0 aliphatic heterocycles. The van der Waals surface area contributed by atoms with Gasteiger partial charge in [0.05, 0.1) is 6.61 Å². The highest BCUT2D eigenvalue weighted by Gasteiger charge is 2.09. The average Bonchev–Trinajstić information content (AvgIpc) is 2.21. The highest BCUT2D eigenvalue weighted by atomic mass is 19.1. The lowest BCUT2D eigenvalue weighted by atomic mass is 10.1. The van der Waals surface area contributed by atoms with Crippen molar-refractivity contribution in [2.24, 2.45) is 0 Å². The van der Waals surface area contributed by atoms with Gasteiger partial charge in [-0.2, -0.15) is 0 Å². The number of nitrogens with one attached hydrogen (secondary N) is 1. The van der Waals surface area contributed by atoms with Crippen LogP contribution in [-0.2, 0) is 6.42 Å². The van der Waals surface area contributed by atoms with Crippen LogP contribution in [0.15, 0.2) is 24.3 Å². The van der Waals surface area contributed by atoms with E-state index in [2.05, 4.69) is 5.32 Å². The molecule has 1 rings (SSSR count). The van der Waals surface area contributed by atoms with Crippen LogP contribution in [0.4, 0.5) is 4.39 Å². The molecule has 0 aromatic heterocycles. The summed E-state index contributed by atoms with van der Waals surface area (Å²) in [6.45, 7) is 3.98. The minimum Gasteiger partial charge on any atom is -0.395 e. The molecule has 0 bridgehead atoms. The van der Waals surface area contributed by atoms with E-state index in [9.17, 15) is 4.39 Å². The minimum absolute atomic E-state index is 0.0479. The molecule has 0 aliphatic carbocycles. The second-order valence-corrected chi connectivity index (χ2v) is 3.95. The SMILES string of the molecule is CC(CO)NC(C)Cc1ccccc1F. The topological polar surface area (TPSA) is 32.3 Å². The molecular formula is C12H18FNO. The normalized spacial score (nSPS) is 14.9. The van der Waals surface area contributed by atoms with Gasteiger partial charge in [0.2, 0.25) is 0 Å². The minimum atomic E-state index is -0.164. The zero-order valence-electron chi connectivity index (χ0n) is 9.20. The molecule has 84 valence electrons. The van der Waals surface area contributed by atoms with Crippen LogP contribution in [0, 0.1) is 5.82 Å². The van der Waals surface area contributed by atoms with Gasteiger partial charge in [-0.3, -0.25) is 0 Å². The molecule has 2 nitrogen and oxygen atoms in total. The lowest BCUT2D eigenvalue weighted by Crippen LogP contribution is -2.38. The maximum absolute atomic E-state index is 13.3. The van der Waals surface area contributed by atoms with Crippen molar-refractivity contribution in [1.82, 2.24) is 5.32 Å². The highest BCUT2D eigenvalue weighted by molar-refractivity contribution is 5.18. The lowest BCUT2D eigenvalue weighted by Gasteiger charge is -2.18. The van der Waals surface area contributed by atoms with Crippen molar-refractivity contribution in [2.75, 3.05) is 6.61 Å². The molecule has 0 aliphatic rings. The van der Waals surface area contributed by atoms with E-state index in [0.29, 0.717) is 12.0 Å². The Morgan fingerprint density at radius 2 is 1.93 bits per heavy atom. The fraction of sp³-hybridized carbons (Fsp3) is 0.500. The van der Waals surface area contributed by atoms with Crippen molar-refractivity contribution in [3.63, 3.8) is 0 Å². The molecule has 0 saturated carbocycles. The quantitative estimate of drug-likeness (QED) is 0.777. The third-order valence-corrected chi connectivity index (χ3v) is 2.33. The second-order valence-electron chi connectivity index (χ2n) is 3.95. The second kappa shape index (κ2) is 5.83. The highest BCUT2D eigenvalue weighted by Crippen LogP contribution is 2.09. The van der Waals surface area contributed by atoms with E-state index in [4.69, 9.17) is 5.11 Å². The summed E-state index contributed by atoms with van der Waals surface area (Å²) in [5.41, 5.74) is 0.711. The Labute approximate surface area is 90.1 Å². The molecule has 2 unspecified atom stereocenters. The average molecular weight is 211 g/mol. The van der Waals surface area contributed by atoms with Crippen LogP contribution in [0.25, 0.3) is 0 Å². The smallest absolute Gasteiger partial charge is 0.126 e. The molecule has 0 heterocycles. The fourth-order valence-corrected chi connectivity index (χ4v) is 1.59. The molecular weight excluding hydrogens is 193 g/mol. The summed E-state index contributed by atoms with van der Waals surface area (Å²) in [6, 6.07) is 6.98. The Hall–Kier alpha value is -0.930. The molecule has 0 saturated heterocycles. The monoisotopic (exact) mass is 211 g/mol. The molecule has 0 spiro atoms. The summed E-state index contributed by atoms with van der Waals surface area (Å²) < 4.78 is 13.3. The van der Waals surface area contributed by atoms with Crippen LogP contribution in [0.5, 0.6) is 0 Å². The molecule has 1 aromatic carbocycles. The number of hydrogen-bond donors (Lipinski definition) is 2. The van der Waals surface area contributed by atoms with E-state index in [1.54, 1.807) is 12.1 Å². The van der Waals surface area contributed by atoms with Crippen molar-refractivity contribution in [1.29, 1.82) is 0 Å². The predicted octanol–water partition coefficient (Wildman–Crippen LogP) is 1.73. The maximum Gasteiger partial charge on any atom is 0.126 e. The molecule has 1 aromatic rings. The van der Waals surface area contributed by atoms with E-state index in [0.717, 1.165) is 0 Å². The van der Waals surface area contributed by atoms with E-state index in [-0.39, 0.29) is 24.5 Å². The summed E-state index contributed by atoms with van der Waals surface area (Å²) in [7, 11) is 0. The zero-order chi connectivity index (χ0) is 11.3. The number of aliphatic hydroxyl groups excluding tert-OH is 1. The first-order valence-corrected chi connectivity index (χ1v) is 5.23. The number of halogens is 1. The van der Waals surface area contributed by atoms with Gasteiger partial charge in [-0.15, -0.1) is 0 Å². The molecule has 0 fully saturated rings. The van der Waals surface area contributed by atoms with Crippen molar-refractivity contribution in [2.45, 2.75) is 32.4 Å². The molecule has 2 N–H and O–H groups in total. The van der Waals surface area contributed by atoms with Crippen LogP contribution < -0.4 is 5.32 Å². The van der Waals surface area contributed by atoms with Crippen molar-refractivity contribution < 1.29 is 9.50 Å². The molecule has 3 heteroatoms. The van der Waals surface area contributed by atoms with Crippen molar-refractivity contribution in [3.05, 3.63) is 35.6 Å². The number of aliphatic hydroxyl groups is 1. The van der Waals surface area contributed by atoms with Gasteiger partial charge in [0.25, 0.3) is 0 Å².